The van der Waals surface area contributed by atoms with Crippen molar-refractivity contribution in [1.29, 1.82) is 0 Å². The zero-order valence-electron chi connectivity index (χ0n) is 17.1. The molecule has 0 aliphatic carbocycles. The van der Waals surface area contributed by atoms with Crippen molar-refractivity contribution >= 4 is 29.3 Å². The molecule has 1 heterocycles. The molecular formula is C17H24BF4N2O5S-. The van der Waals surface area contributed by atoms with Crippen LogP contribution in [0.1, 0.15) is 31.9 Å². The van der Waals surface area contributed by atoms with Gasteiger partial charge < -0.3 is 31.7 Å². The number of hydrogen-bond donors (Lipinski definition) is 0. The van der Waals surface area contributed by atoms with Crippen LogP contribution >= 0.6 is 0 Å². The molecule has 1 aromatic rings. The Balaban J connectivity index is 2.25. The maximum atomic E-state index is 13.0. The second-order valence-corrected chi connectivity index (χ2v) is 9.03. The monoisotopic (exact) mass is 455 g/mol. The van der Waals surface area contributed by atoms with Gasteiger partial charge in [0, 0.05) is 37.9 Å². The van der Waals surface area contributed by atoms with E-state index in [0.717, 1.165) is 0 Å². The zero-order valence-corrected chi connectivity index (χ0v) is 17.9. The van der Waals surface area contributed by atoms with E-state index in [9.17, 15) is 30.0 Å². The minimum Gasteiger partial charge on any atom is -0.449 e. The van der Waals surface area contributed by atoms with Gasteiger partial charge in [-0.1, -0.05) is 15.8 Å². The standard InChI is InChI=1S/C17H24BF4N2O5S/c1-12-13(11-18(19,20)21)9-14(10-15(12)29-30(22,26)27)23-5-7-24(8-6-23)16(25)28-17(2,3)4/h9-10H,5-8,11H2,1-4H3/q-1. The highest BCUT2D eigenvalue weighted by molar-refractivity contribution is 7.81. The largest absolute Gasteiger partial charge is 0.488 e. The van der Waals surface area contributed by atoms with E-state index in [1.807, 2.05) is 0 Å². The minimum atomic E-state index is -5.41. The molecule has 0 radical (unpaired) electrons. The van der Waals surface area contributed by atoms with E-state index >= 15 is 0 Å². The lowest BCUT2D eigenvalue weighted by molar-refractivity contribution is 0.0240. The summed E-state index contributed by atoms with van der Waals surface area (Å²) >= 11 is 0. The van der Waals surface area contributed by atoms with E-state index < -0.39 is 41.2 Å². The Morgan fingerprint density at radius 3 is 2.17 bits per heavy atom. The van der Waals surface area contributed by atoms with Crippen LogP contribution in [-0.2, 0) is 21.6 Å². The maximum absolute atomic E-state index is 13.0. The smallest absolute Gasteiger partial charge is 0.449 e. The first-order chi connectivity index (χ1) is 13.5. The Bertz CT molecular complexity index is 895. The fourth-order valence-corrected chi connectivity index (χ4v) is 3.43. The number of nitrogens with zero attached hydrogens (tertiary/aromatic N) is 2. The number of carbonyl (C=O) groups is 1. The Labute approximate surface area is 173 Å². The van der Waals surface area contributed by atoms with Crippen molar-refractivity contribution in [3.63, 3.8) is 0 Å². The number of hydrogen-bond acceptors (Lipinski definition) is 6. The number of rotatable bonds is 5. The number of benzene rings is 1. The fourth-order valence-electron chi connectivity index (χ4n) is 3.04. The van der Waals surface area contributed by atoms with Crippen LogP contribution in [0.4, 0.5) is 27.3 Å². The van der Waals surface area contributed by atoms with Gasteiger partial charge in [0.05, 0.1) is 0 Å². The van der Waals surface area contributed by atoms with Gasteiger partial charge in [-0.3, -0.25) is 0 Å². The highest BCUT2D eigenvalue weighted by Gasteiger charge is 2.29. The quantitative estimate of drug-likeness (QED) is 0.384. The van der Waals surface area contributed by atoms with Gasteiger partial charge in [-0.15, -0.1) is 0 Å². The first-order valence-electron chi connectivity index (χ1n) is 9.25. The van der Waals surface area contributed by atoms with Crippen LogP contribution in [0.15, 0.2) is 12.1 Å². The van der Waals surface area contributed by atoms with Crippen molar-refractivity contribution in [2.75, 3.05) is 31.1 Å². The summed E-state index contributed by atoms with van der Waals surface area (Å²) in [7, 11) is -5.41. The molecule has 0 spiro atoms. The average molecular weight is 455 g/mol. The van der Waals surface area contributed by atoms with Gasteiger partial charge in [0.1, 0.15) is 11.4 Å². The second kappa shape index (κ2) is 8.52. The molecule has 1 saturated heterocycles. The number of carbonyl (C=O) groups excluding carboxylic acids is 1. The van der Waals surface area contributed by atoms with Crippen molar-refractivity contribution in [1.82, 2.24) is 4.90 Å². The lowest BCUT2D eigenvalue weighted by Gasteiger charge is -2.37. The van der Waals surface area contributed by atoms with Crippen molar-refractivity contribution in [3.05, 3.63) is 23.3 Å². The van der Waals surface area contributed by atoms with E-state index in [4.69, 9.17) is 4.74 Å². The molecule has 30 heavy (non-hydrogen) atoms. The summed E-state index contributed by atoms with van der Waals surface area (Å²) in [4.78, 5) is 15.3. The van der Waals surface area contributed by atoms with Gasteiger partial charge >= 0.3 is 23.6 Å². The van der Waals surface area contributed by atoms with Crippen LogP contribution in [0.5, 0.6) is 5.75 Å². The molecule has 0 N–H and O–H groups in total. The third kappa shape index (κ3) is 7.26. The predicted octanol–water partition coefficient (Wildman–Crippen LogP) is 3.57. The number of halogens is 4. The van der Waals surface area contributed by atoms with Gasteiger partial charge in [-0.2, -0.15) is 8.42 Å². The Hall–Kier alpha value is -2.18. The van der Waals surface area contributed by atoms with E-state index in [1.54, 1.807) is 25.7 Å². The van der Waals surface area contributed by atoms with Crippen LogP contribution in [0.3, 0.4) is 0 Å². The van der Waals surface area contributed by atoms with Gasteiger partial charge in [0.2, 0.25) is 0 Å². The molecule has 13 heteroatoms. The molecule has 170 valence electrons. The summed E-state index contributed by atoms with van der Waals surface area (Å²) in [6.07, 6.45) is -1.76. The number of piperazine rings is 1. The van der Waals surface area contributed by atoms with Crippen LogP contribution in [-0.4, -0.2) is 58.2 Å². The lowest BCUT2D eigenvalue weighted by Crippen LogP contribution is -2.50. The fraction of sp³-hybridized carbons (Fsp3) is 0.588. The first kappa shape index (κ1) is 24.1. The zero-order chi connectivity index (χ0) is 22.9. The molecular weight excluding hydrogens is 431 g/mol. The van der Waals surface area contributed by atoms with E-state index in [1.165, 1.54) is 24.0 Å². The topological polar surface area (TPSA) is 76.2 Å². The molecule has 1 aromatic carbocycles. The van der Waals surface area contributed by atoms with E-state index in [0.29, 0.717) is 0 Å². The lowest BCUT2D eigenvalue weighted by atomic mass is 9.80. The highest BCUT2D eigenvalue weighted by Crippen LogP contribution is 2.33. The normalized spacial score (nSPS) is 15.9. The molecule has 0 unspecified atom stereocenters. The summed E-state index contributed by atoms with van der Waals surface area (Å²) in [5.41, 5.74) is -0.721. The number of anilines is 1. The molecule has 7 nitrogen and oxygen atoms in total. The Kier molecular flexibility index (Phi) is 6.84. The summed E-state index contributed by atoms with van der Waals surface area (Å²) in [6, 6.07) is 2.47. The van der Waals surface area contributed by atoms with Crippen LogP contribution in [0.25, 0.3) is 0 Å². The second-order valence-electron chi connectivity index (χ2n) is 8.07. The summed E-state index contributed by atoms with van der Waals surface area (Å²) < 4.78 is 83.4. The van der Waals surface area contributed by atoms with Gasteiger partial charge in [0.25, 0.3) is 0 Å². The first-order valence-corrected chi connectivity index (χ1v) is 10.6. The molecule has 1 fully saturated rings. The third-order valence-electron chi connectivity index (χ3n) is 4.39. The molecule has 1 amide bonds. The van der Waals surface area contributed by atoms with Crippen molar-refractivity contribution in [2.45, 2.75) is 39.6 Å². The SMILES string of the molecule is Cc1c(C[B-](F)(F)F)cc(N2CCN(C(=O)OC(C)(C)C)CC2)cc1OS(=O)(=O)F. The molecule has 0 saturated carbocycles. The maximum Gasteiger partial charge on any atom is 0.488 e. The van der Waals surface area contributed by atoms with E-state index in [-0.39, 0.29) is 43.0 Å². The molecule has 0 bridgehead atoms. The van der Waals surface area contributed by atoms with Crippen molar-refractivity contribution in [2.24, 2.45) is 0 Å². The average Bonchev–Trinajstić information content (AvgIpc) is 2.54. The molecule has 0 atom stereocenters. The van der Waals surface area contributed by atoms with Crippen LogP contribution in [0.2, 0.25) is 0 Å². The van der Waals surface area contributed by atoms with Gasteiger partial charge in [-0.25, -0.2) is 4.79 Å². The highest BCUT2D eigenvalue weighted by atomic mass is 32.3. The third-order valence-corrected chi connectivity index (χ3v) is 4.77. The molecule has 1 aliphatic heterocycles. The molecule has 1 aliphatic rings. The number of amides is 1. The molecule has 0 aromatic heterocycles. The summed E-state index contributed by atoms with van der Waals surface area (Å²) in [5, 5.41) is 0. The predicted molar refractivity (Wildman–Crippen MR) is 105 cm³/mol. The number of ether oxygens (including phenoxy) is 1. The van der Waals surface area contributed by atoms with Gasteiger partial charge in [-0.05, 0) is 39.3 Å². The van der Waals surface area contributed by atoms with Gasteiger partial charge in [0.15, 0.2) is 0 Å². The minimum absolute atomic E-state index is 0.105. The van der Waals surface area contributed by atoms with E-state index in [2.05, 4.69) is 4.18 Å². The Morgan fingerprint density at radius 2 is 1.70 bits per heavy atom. The Morgan fingerprint density at radius 1 is 1.13 bits per heavy atom. The summed E-state index contributed by atoms with van der Waals surface area (Å²) in [5.74, 6) is -0.500. The molecule has 2 rings (SSSR count). The van der Waals surface area contributed by atoms with Crippen LogP contribution < -0.4 is 9.08 Å². The summed E-state index contributed by atoms with van der Waals surface area (Å²) in [6.45, 7) is 2.25. The van der Waals surface area contributed by atoms with Crippen LogP contribution in [0, 0.1) is 6.92 Å². The van der Waals surface area contributed by atoms with Crippen molar-refractivity contribution in [3.8, 4) is 5.75 Å². The van der Waals surface area contributed by atoms with Crippen molar-refractivity contribution < 1.29 is 39.0 Å².